The van der Waals surface area contributed by atoms with Crippen molar-refractivity contribution in [2.24, 2.45) is 0 Å². The minimum atomic E-state index is -2.68. The number of aliphatic carboxylic acids is 1. The molecule has 122 heavy (non-hydrogen) atoms. The summed E-state index contributed by atoms with van der Waals surface area (Å²) in [6.45, 7) is -0.198. The van der Waals surface area contributed by atoms with Gasteiger partial charge in [-0.1, -0.05) is 0 Å². The second kappa shape index (κ2) is 35.5. The molecule has 46 heteroatoms. The van der Waals surface area contributed by atoms with Gasteiger partial charge in [-0.3, -0.25) is 14.4 Å². The number of amides is 3. The first-order valence-corrected chi connectivity index (χ1v) is 36.9. The molecule has 6 aliphatic rings. The Morgan fingerprint density at radius 2 is 0.803 bits per heavy atom. The van der Waals surface area contributed by atoms with E-state index in [4.69, 9.17) is 56.8 Å². The number of aliphatic hydroxyl groups excluding tert-OH is 8. The molecule has 4 saturated heterocycles. The molecule has 28 N–H and O–H groups in total. The number of carbonyl (C=O) groups is 6. The zero-order chi connectivity index (χ0) is 89.1. The summed E-state index contributed by atoms with van der Waals surface area (Å²) < 4.78 is 72.1. The molecule has 6 aromatic rings. The lowest BCUT2D eigenvalue weighted by Gasteiger charge is -2.50. The normalized spacial score (nSPS) is 30.0. The van der Waals surface area contributed by atoms with E-state index in [0.717, 1.165) is 45.2 Å². The molecule has 0 bridgehead atoms. The van der Waals surface area contributed by atoms with Crippen molar-refractivity contribution in [3.8, 4) is 103 Å². The minimum Gasteiger partial charge on any atom is -0.507 e. The van der Waals surface area contributed by atoms with Gasteiger partial charge in [0, 0.05) is 91.8 Å². The number of carboxylic acids is 1. The zero-order valence-corrected chi connectivity index (χ0v) is 63.8. The molecule has 6 heterocycles. The van der Waals surface area contributed by atoms with E-state index in [9.17, 15) is 152 Å². The molecule has 0 radical (unpaired) electrons. The van der Waals surface area contributed by atoms with Crippen LogP contribution in [-0.2, 0) is 79.4 Å². The first-order chi connectivity index (χ1) is 57.6. The van der Waals surface area contributed by atoms with E-state index in [1.807, 2.05) is 0 Å². The topological polar surface area (TPSA) is 755 Å². The lowest BCUT2D eigenvalue weighted by Crippen LogP contribution is -2.71. The van der Waals surface area contributed by atoms with Crippen LogP contribution in [0.2, 0.25) is 0 Å². The van der Waals surface area contributed by atoms with Crippen LogP contribution in [0, 0.1) is 0 Å². The number of ether oxygens (including phenoxy) is 12. The fourth-order valence-corrected chi connectivity index (χ4v) is 15.4. The van der Waals surface area contributed by atoms with Crippen molar-refractivity contribution in [2.45, 2.75) is 186 Å². The average Bonchev–Trinajstić information content (AvgIpc) is 0.729. The fourth-order valence-electron chi connectivity index (χ4n) is 15.4. The molecule has 6 aliphatic heterocycles. The van der Waals surface area contributed by atoms with Gasteiger partial charge in [-0.05, 0) is 55.5 Å². The van der Waals surface area contributed by atoms with Gasteiger partial charge in [-0.25, -0.2) is 14.4 Å². The molecule has 46 nitrogen and oxygen atoms in total. The van der Waals surface area contributed by atoms with E-state index in [1.54, 1.807) is 0 Å². The van der Waals surface area contributed by atoms with Gasteiger partial charge in [0.25, 0.3) is 5.91 Å². The van der Waals surface area contributed by atoms with Crippen LogP contribution in [0.15, 0.2) is 60.7 Å². The molecule has 8 unspecified atom stereocenters. The molecule has 4 fully saturated rings. The Balaban J connectivity index is 1.03. The number of hydrogen-bond acceptors (Lipinski definition) is 42. The highest BCUT2D eigenvalue weighted by atomic mass is 16.8. The molecular weight excluding hydrogens is 1640 g/mol. The lowest BCUT2D eigenvalue weighted by atomic mass is 9.82. The number of nitrogens with one attached hydrogen (secondary N) is 3. The third-order valence-corrected chi connectivity index (χ3v) is 21.4. The number of rotatable bonds is 23. The van der Waals surface area contributed by atoms with E-state index in [-0.39, 0.29) is 0 Å². The standard InChI is InChI=1S/C76H85N3O43/c1-20-48(78-21(2)82)64(54(100)44(18-80)112-20)118-75-59(105)57(103)67(120-74-49(79-22(3)83)65(55(101)45(19-81)115-74)119-76-58(104)56(102)66(111-4)69(122-76)71(107)108)68(121-75)70(106)77-17-29(46-32(86)15-30(84)27-13-42(113-72(109)25-9-38(92)52(98)39(93)10-25)60(116-62(27)46)23-5-34(88)50(96)35(89)6-23)47-33(87)16-31(85)28-14-43(114-73(110)26-11-40(94)53(99)41(95)12-26)61(117-63(28)47)24-7-36(90)51(97)37(91)8-24/h5-12,15-16,20,29,42-45,48-49,54-61,64-69,74-76,80-81,84-105H,13-14,17-19H2,1-4H3,(H,77,106)(H,78,82)(H,79,83)(H,107,108)/t20-,42+,43+,44?,45?,48?,49?,54+,55+,56+,57+,58?,59?,60+,61+,64+,65+,66-,67-,68?,69?,74-,75+,76+/m0/s1. The molecule has 0 aromatic heterocycles. The molecule has 0 saturated carbocycles. The van der Waals surface area contributed by atoms with Crippen molar-refractivity contribution in [3.63, 3.8) is 0 Å². The number of fused-ring (bicyclic) bond motifs is 2. The first kappa shape index (κ1) is 89.2. The quantitative estimate of drug-likeness (QED) is 0.0218. The van der Waals surface area contributed by atoms with Gasteiger partial charge < -0.3 is 200 Å². The van der Waals surface area contributed by atoms with Gasteiger partial charge in [-0.15, -0.1) is 0 Å². The maximum atomic E-state index is 16.2. The van der Waals surface area contributed by atoms with Crippen LogP contribution in [0.25, 0.3) is 0 Å². The molecule has 24 atom stereocenters. The summed E-state index contributed by atoms with van der Waals surface area (Å²) >= 11 is 0. The summed E-state index contributed by atoms with van der Waals surface area (Å²) in [6.07, 6.45) is -48.6. The fraction of sp³-hybridized carbons (Fsp3) is 0.447. The average molecular weight is 1730 g/mol. The van der Waals surface area contributed by atoms with Crippen LogP contribution >= 0.6 is 0 Å². The summed E-state index contributed by atoms with van der Waals surface area (Å²) in [4.78, 5) is 83.3. The molecule has 662 valence electrons. The monoisotopic (exact) mass is 1730 g/mol. The number of methoxy groups -OCH3 is 1. The summed E-state index contributed by atoms with van der Waals surface area (Å²) in [6, 6.07) is 3.31. The van der Waals surface area contributed by atoms with Gasteiger partial charge in [0.1, 0.15) is 126 Å². The van der Waals surface area contributed by atoms with Gasteiger partial charge >= 0.3 is 17.9 Å². The highest BCUT2D eigenvalue weighted by molar-refractivity contribution is 5.92. The zero-order valence-electron chi connectivity index (χ0n) is 63.8. The van der Waals surface area contributed by atoms with E-state index >= 15 is 4.79 Å². The van der Waals surface area contributed by atoms with Crippen molar-refractivity contribution in [3.05, 3.63) is 105 Å². The SMILES string of the molecule is CO[C@@H]1C(C(=O)O)O[C@@H](O[C@@H]2C(NC(C)=O)[C@H](O[C@@H]3C(C(=O)NCC(c4c(O)cc(O)c5c4O[C@H](c4cc(O)c(O)c(O)c4)[C@H](OC(=O)c4cc(O)c(O)c(O)c4)C5)c4c(O)cc(O)c5c4O[C@H](c4cc(O)c(O)c(O)c4)[C@H](OC(=O)c4cc(O)c(O)c(O)c4)C5)O[C@@H](O[C@@H]4C(NC(C)=O)[C@H](C)OC(CO)[C@H]4O)C(O)[C@H]3O)OC(CO)[C@H]2O)C(O)[C@H]1O. The predicted molar refractivity (Wildman–Crippen MR) is 391 cm³/mol. The Morgan fingerprint density at radius 1 is 0.434 bits per heavy atom. The number of hydrogen-bond donors (Lipinski definition) is 28. The molecule has 12 rings (SSSR count). The van der Waals surface area contributed by atoms with E-state index in [2.05, 4.69) is 16.0 Å². The van der Waals surface area contributed by atoms with Crippen molar-refractivity contribution in [2.75, 3.05) is 26.9 Å². The molecular formula is C76H85N3O43. The van der Waals surface area contributed by atoms with Gasteiger partial charge in [-0.2, -0.15) is 0 Å². The Morgan fingerprint density at radius 3 is 1.20 bits per heavy atom. The summed E-state index contributed by atoms with van der Waals surface area (Å²) in [5, 5.41) is 287. The van der Waals surface area contributed by atoms with E-state index < -0.39 is 369 Å². The van der Waals surface area contributed by atoms with Gasteiger partial charge in [0.05, 0.1) is 36.5 Å². The van der Waals surface area contributed by atoms with Crippen molar-refractivity contribution >= 4 is 35.6 Å². The van der Waals surface area contributed by atoms with E-state index in [0.29, 0.717) is 36.4 Å². The van der Waals surface area contributed by atoms with Crippen LogP contribution in [0.5, 0.6) is 103 Å². The number of carboxylic acid groups (broad SMARTS) is 1. The molecule has 6 aromatic carbocycles. The number of phenolic OH excluding ortho intramolecular Hbond substituents is 16. The van der Waals surface area contributed by atoms with Crippen LogP contribution in [-0.4, -0.2) is 325 Å². The summed E-state index contributed by atoms with van der Waals surface area (Å²) in [5.41, 5.74) is -4.87. The second-order valence-corrected chi connectivity index (χ2v) is 29.4. The van der Waals surface area contributed by atoms with Gasteiger partial charge in [0.2, 0.25) is 11.8 Å². The maximum absolute atomic E-state index is 16.2. The Bertz CT molecular complexity index is 4690. The van der Waals surface area contributed by atoms with E-state index in [1.165, 1.54) is 6.92 Å². The Kier molecular flexibility index (Phi) is 26.0. The summed E-state index contributed by atoms with van der Waals surface area (Å²) in [5.74, 6) is -29.2. The highest BCUT2D eigenvalue weighted by Gasteiger charge is 2.59. The summed E-state index contributed by atoms with van der Waals surface area (Å²) in [7, 11) is 0.962. The Labute approximate surface area is 684 Å². The number of benzene rings is 6. The number of esters is 2. The van der Waals surface area contributed by atoms with Gasteiger partial charge in [0.15, 0.2) is 112 Å². The highest BCUT2D eigenvalue weighted by Crippen LogP contribution is 2.57. The first-order valence-electron chi connectivity index (χ1n) is 36.9. The molecule has 3 amide bonds. The van der Waals surface area contributed by atoms with Crippen LogP contribution in [0.4, 0.5) is 0 Å². The maximum Gasteiger partial charge on any atom is 0.338 e. The largest absolute Gasteiger partial charge is 0.507 e. The Hall–Kier alpha value is -12.1. The van der Waals surface area contributed by atoms with Crippen LogP contribution < -0.4 is 25.4 Å². The number of aliphatic hydroxyl groups is 8. The lowest BCUT2D eigenvalue weighted by molar-refractivity contribution is -0.365. The molecule has 0 aliphatic carbocycles. The number of aromatic hydroxyl groups is 16. The smallest absolute Gasteiger partial charge is 0.338 e. The number of carbonyl (C=O) groups excluding carboxylic acids is 5. The van der Waals surface area contributed by atoms with Crippen molar-refractivity contribution in [1.29, 1.82) is 0 Å². The third kappa shape index (κ3) is 17.3. The second-order valence-electron chi connectivity index (χ2n) is 29.4. The van der Waals surface area contributed by atoms with Crippen molar-refractivity contribution in [1.82, 2.24) is 16.0 Å². The van der Waals surface area contributed by atoms with Crippen molar-refractivity contribution < 1.29 is 213 Å². The number of phenols is 16. The molecule has 0 spiro atoms. The predicted octanol–water partition coefficient (Wildman–Crippen LogP) is -3.60. The third-order valence-electron chi connectivity index (χ3n) is 21.4. The van der Waals surface area contributed by atoms with Crippen LogP contribution in [0.1, 0.15) is 93.0 Å². The van der Waals surface area contributed by atoms with Crippen LogP contribution in [0.3, 0.4) is 0 Å². The minimum absolute atomic E-state index is 0.451.